The molecule has 1 aliphatic rings. The van der Waals surface area contributed by atoms with E-state index in [4.69, 9.17) is 4.74 Å². The zero-order chi connectivity index (χ0) is 16.6. The van der Waals surface area contributed by atoms with Crippen molar-refractivity contribution in [3.63, 3.8) is 0 Å². The number of amides is 1. The summed E-state index contributed by atoms with van der Waals surface area (Å²) in [5, 5.41) is 2.64. The number of sulfonamides is 1. The van der Waals surface area contributed by atoms with Gasteiger partial charge in [-0.1, -0.05) is 15.9 Å². The first-order valence-corrected chi connectivity index (χ1v) is 8.98. The highest BCUT2D eigenvalue weighted by atomic mass is 79.9. The van der Waals surface area contributed by atoms with Crippen LogP contribution < -0.4 is 14.8 Å². The number of benzene rings is 2. The fourth-order valence-corrected chi connectivity index (χ4v) is 3.53. The maximum Gasteiger partial charge on any atom is 0.262 e. The minimum absolute atomic E-state index is 0.0454. The number of aryl methyl sites for hydroxylation is 1. The van der Waals surface area contributed by atoms with Gasteiger partial charge in [0.2, 0.25) is 0 Å². The van der Waals surface area contributed by atoms with Crippen molar-refractivity contribution in [2.75, 3.05) is 16.6 Å². The van der Waals surface area contributed by atoms with E-state index >= 15 is 0 Å². The van der Waals surface area contributed by atoms with Crippen LogP contribution in [0.25, 0.3) is 0 Å². The molecule has 3 rings (SSSR count). The lowest BCUT2D eigenvalue weighted by molar-refractivity contribution is -0.118. The van der Waals surface area contributed by atoms with E-state index in [0.717, 1.165) is 10.0 Å². The van der Waals surface area contributed by atoms with Crippen LogP contribution in [0.2, 0.25) is 0 Å². The highest BCUT2D eigenvalue weighted by Crippen LogP contribution is 2.31. The first-order valence-electron chi connectivity index (χ1n) is 6.71. The molecular weight excluding hydrogens is 384 g/mol. The third kappa shape index (κ3) is 3.32. The normalized spacial score (nSPS) is 13.7. The van der Waals surface area contributed by atoms with Crippen LogP contribution in [0.5, 0.6) is 5.75 Å². The third-order valence-corrected chi connectivity index (χ3v) is 5.57. The van der Waals surface area contributed by atoms with Gasteiger partial charge in [0.05, 0.1) is 16.3 Å². The van der Waals surface area contributed by atoms with Crippen molar-refractivity contribution < 1.29 is 17.9 Å². The lowest BCUT2D eigenvalue weighted by Crippen LogP contribution is -2.25. The molecule has 1 aliphatic heterocycles. The Morgan fingerprint density at radius 2 is 2.00 bits per heavy atom. The van der Waals surface area contributed by atoms with Gasteiger partial charge in [-0.05, 0) is 48.9 Å². The van der Waals surface area contributed by atoms with E-state index in [2.05, 4.69) is 26.0 Å². The van der Waals surface area contributed by atoms with Gasteiger partial charge in [0.25, 0.3) is 15.9 Å². The summed E-state index contributed by atoms with van der Waals surface area (Å²) in [6.45, 7) is 1.77. The van der Waals surface area contributed by atoms with Gasteiger partial charge in [-0.25, -0.2) is 8.42 Å². The van der Waals surface area contributed by atoms with Crippen molar-refractivity contribution in [2.24, 2.45) is 0 Å². The number of nitrogens with one attached hydrogen (secondary N) is 2. The van der Waals surface area contributed by atoms with Gasteiger partial charge in [0, 0.05) is 4.47 Å². The van der Waals surface area contributed by atoms with Crippen LogP contribution in [0.1, 0.15) is 5.56 Å². The molecule has 0 spiro atoms. The van der Waals surface area contributed by atoms with E-state index in [9.17, 15) is 13.2 Å². The minimum atomic E-state index is -3.72. The predicted octanol–water partition coefficient (Wildman–Crippen LogP) is 2.89. The SMILES string of the molecule is Cc1cc(S(=O)(=O)Nc2ccc3c(c2)NC(=O)CO3)ccc1Br. The lowest BCUT2D eigenvalue weighted by Gasteiger charge is -2.19. The summed E-state index contributed by atoms with van der Waals surface area (Å²) in [5.74, 6) is 0.230. The predicted molar refractivity (Wildman–Crippen MR) is 90.3 cm³/mol. The molecule has 0 atom stereocenters. The average molecular weight is 397 g/mol. The molecule has 0 radical (unpaired) electrons. The van der Waals surface area contributed by atoms with Crippen LogP contribution in [0.3, 0.4) is 0 Å². The van der Waals surface area contributed by atoms with E-state index in [1.54, 1.807) is 24.3 Å². The molecule has 1 heterocycles. The summed E-state index contributed by atoms with van der Waals surface area (Å²) in [4.78, 5) is 11.5. The quantitative estimate of drug-likeness (QED) is 0.834. The Labute approximate surface area is 142 Å². The summed E-state index contributed by atoms with van der Waals surface area (Å²) in [7, 11) is -3.72. The zero-order valence-corrected chi connectivity index (χ0v) is 14.5. The summed E-state index contributed by atoms with van der Waals surface area (Å²) in [6.07, 6.45) is 0. The monoisotopic (exact) mass is 396 g/mol. The number of carbonyl (C=O) groups is 1. The Bertz CT molecular complexity index is 896. The third-order valence-electron chi connectivity index (χ3n) is 3.30. The highest BCUT2D eigenvalue weighted by molar-refractivity contribution is 9.10. The van der Waals surface area contributed by atoms with Crippen LogP contribution in [0.15, 0.2) is 45.8 Å². The lowest BCUT2D eigenvalue weighted by atomic mass is 10.2. The molecule has 2 N–H and O–H groups in total. The summed E-state index contributed by atoms with van der Waals surface area (Å²) in [6, 6.07) is 9.50. The molecule has 0 bridgehead atoms. The van der Waals surface area contributed by atoms with E-state index < -0.39 is 10.0 Å². The molecule has 23 heavy (non-hydrogen) atoms. The van der Waals surface area contributed by atoms with Crippen LogP contribution in [0.4, 0.5) is 11.4 Å². The summed E-state index contributed by atoms with van der Waals surface area (Å²) in [5.41, 5.74) is 1.60. The molecule has 1 amide bonds. The van der Waals surface area contributed by atoms with Gasteiger partial charge < -0.3 is 10.1 Å². The molecule has 0 saturated carbocycles. The van der Waals surface area contributed by atoms with Crippen molar-refractivity contribution in [1.29, 1.82) is 0 Å². The Morgan fingerprint density at radius 1 is 1.22 bits per heavy atom. The van der Waals surface area contributed by atoms with Crippen molar-refractivity contribution in [2.45, 2.75) is 11.8 Å². The molecule has 0 fully saturated rings. The van der Waals surface area contributed by atoms with Crippen molar-refractivity contribution in [1.82, 2.24) is 0 Å². The topological polar surface area (TPSA) is 84.5 Å². The number of fused-ring (bicyclic) bond motifs is 1. The number of halogens is 1. The molecule has 6 nitrogen and oxygen atoms in total. The largest absolute Gasteiger partial charge is 0.482 e. The van der Waals surface area contributed by atoms with E-state index in [1.165, 1.54) is 12.1 Å². The van der Waals surface area contributed by atoms with E-state index in [-0.39, 0.29) is 17.4 Å². The maximum atomic E-state index is 12.5. The number of hydrogen-bond donors (Lipinski definition) is 2. The number of hydrogen-bond acceptors (Lipinski definition) is 4. The molecular formula is C15H13BrN2O4S. The van der Waals surface area contributed by atoms with Gasteiger partial charge in [-0.15, -0.1) is 0 Å². The standard InChI is InChI=1S/C15H13BrN2O4S/c1-9-6-11(3-4-12(9)16)23(20,21)18-10-2-5-14-13(7-10)17-15(19)8-22-14/h2-7,18H,8H2,1H3,(H,17,19). The van der Waals surface area contributed by atoms with Crippen LogP contribution in [-0.2, 0) is 14.8 Å². The van der Waals surface area contributed by atoms with Crippen molar-refractivity contribution in [3.05, 3.63) is 46.4 Å². The molecule has 120 valence electrons. The molecule has 0 aromatic heterocycles. The first kappa shape index (κ1) is 15.8. The fraction of sp³-hybridized carbons (Fsp3) is 0.133. The second kappa shape index (κ2) is 5.86. The molecule has 0 unspecified atom stereocenters. The molecule has 2 aromatic carbocycles. The van der Waals surface area contributed by atoms with Gasteiger partial charge in [0.15, 0.2) is 6.61 Å². The highest BCUT2D eigenvalue weighted by Gasteiger charge is 2.19. The van der Waals surface area contributed by atoms with Gasteiger partial charge in [0.1, 0.15) is 5.75 Å². The Hall–Kier alpha value is -2.06. The Morgan fingerprint density at radius 3 is 2.74 bits per heavy atom. The summed E-state index contributed by atoms with van der Waals surface area (Å²) >= 11 is 3.34. The molecule has 0 saturated heterocycles. The molecule has 8 heteroatoms. The number of ether oxygens (including phenoxy) is 1. The average Bonchev–Trinajstić information content (AvgIpc) is 2.49. The molecule has 2 aromatic rings. The van der Waals surface area contributed by atoms with Crippen molar-refractivity contribution in [3.8, 4) is 5.75 Å². The first-order chi connectivity index (χ1) is 10.8. The number of anilines is 2. The van der Waals surface area contributed by atoms with Gasteiger partial charge >= 0.3 is 0 Å². The fourth-order valence-electron chi connectivity index (χ4n) is 2.15. The smallest absolute Gasteiger partial charge is 0.262 e. The van der Waals surface area contributed by atoms with E-state index in [0.29, 0.717) is 17.1 Å². The zero-order valence-electron chi connectivity index (χ0n) is 12.1. The Kier molecular flexibility index (Phi) is 4.03. The molecule has 0 aliphatic carbocycles. The van der Waals surface area contributed by atoms with Gasteiger partial charge in [-0.3, -0.25) is 9.52 Å². The minimum Gasteiger partial charge on any atom is -0.482 e. The number of carbonyl (C=O) groups excluding carboxylic acids is 1. The Balaban J connectivity index is 1.90. The van der Waals surface area contributed by atoms with Crippen LogP contribution >= 0.6 is 15.9 Å². The number of rotatable bonds is 3. The van der Waals surface area contributed by atoms with Gasteiger partial charge in [-0.2, -0.15) is 0 Å². The van der Waals surface area contributed by atoms with Crippen LogP contribution in [-0.4, -0.2) is 20.9 Å². The van der Waals surface area contributed by atoms with Crippen LogP contribution in [0, 0.1) is 6.92 Å². The van der Waals surface area contributed by atoms with E-state index in [1.807, 2.05) is 6.92 Å². The maximum absolute atomic E-state index is 12.5. The summed E-state index contributed by atoms with van der Waals surface area (Å²) < 4.78 is 33.5. The van der Waals surface area contributed by atoms with Crippen molar-refractivity contribution >= 4 is 43.2 Å². The second-order valence-corrected chi connectivity index (χ2v) is 7.60. The second-order valence-electron chi connectivity index (χ2n) is 5.06.